The summed E-state index contributed by atoms with van der Waals surface area (Å²) in [5, 5.41) is 0.158. The molecule has 0 radical (unpaired) electrons. The summed E-state index contributed by atoms with van der Waals surface area (Å²) >= 11 is 12.8. The van der Waals surface area contributed by atoms with Crippen molar-refractivity contribution >= 4 is 58.9 Å². The van der Waals surface area contributed by atoms with Crippen LogP contribution in [0.2, 0.25) is 10.0 Å². The van der Waals surface area contributed by atoms with E-state index in [4.69, 9.17) is 42.1 Å². The number of hydrogen-bond acceptors (Lipinski definition) is 8. The minimum atomic E-state index is -0.651. The summed E-state index contributed by atoms with van der Waals surface area (Å²) in [5.41, 5.74) is 3.74. The Balaban J connectivity index is 1.06. The normalized spacial score (nSPS) is 11.3. The summed E-state index contributed by atoms with van der Waals surface area (Å²) in [6.45, 7) is 5.89. The number of rotatable bonds is 26. The Kier molecular flexibility index (Phi) is 20.6. The molecule has 0 aliphatic heterocycles. The van der Waals surface area contributed by atoms with Crippen LogP contribution in [0.4, 0.5) is 11.4 Å². The number of ether oxygens (including phenoxy) is 4. The van der Waals surface area contributed by atoms with E-state index >= 15 is 0 Å². The number of hydrogen-bond donors (Lipinski definition) is 0. The van der Waals surface area contributed by atoms with Crippen molar-refractivity contribution in [3.63, 3.8) is 0 Å². The van der Waals surface area contributed by atoms with Crippen LogP contribution in [0.5, 0.6) is 23.0 Å². The molecule has 0 heterocycles. The molecule has 5 aromatic carbocycles. The highest BCUT2D eigenvalue weighted by Crippen LogP contribution is 2.37. The molecule has 0 aliphatic carbocycles. The highest BCUT2D eigenvalue weighted by atomic mass is 35.5. The fourth-order valence-electron chi connectivity index (χ4n) is 6.45. The van der Waals surface area contributed by atoms with Crippen LogP contribution in [0.25, 0.3) is 0 Å². The van der Waals surface area contributed by atoms with Gasteiger partial charge in [-0.15, -0.1) is 0 Å². The van der Waals surface area contributed by atoms with Crippen molar-refractivity contribution in [2.24, 2.45) is 9.98 Å². The van der Waals surface area contributed by atoms with Gasteiger partial charge < -0.3 is 18.9 Å². The minimum Gasteiger partial charge on any atom is -0.494 e. The van der Waals surface area contributed by atoms with Gasteiger partial charge in [0.2, 0.25) is 0 Å². The van der Waals surface area contributed by atoms with Crippen LogP contribution >= 0.6 is 23.2 Å². The second-order valence-corrected chi connectivity index (χ2v) is 16.0. The average Bonchev–Trinajstić information content (AvgIpc) is 3.29. The Morgan fingerprint density at radius 1 is 0.468 bits per heavy atom. The van der Waals surface area contributed by atoms with E-state index in [1.807, 2.05) is 48.5 Å². The van der Waals surface area contributed by atoms with Crippen LogP contribution in [0.3, 0.4) is 0 Å². The van der Waals surface area contributed by atoms with Gasteiger partial charge in [0.1, 0.15) is 11.5 Å². The van der Waals surface area contributed by atoms with Gasteiger partial charge in [0, 0.05) is 18.5 Å². The van der Waals surface area contributed by atoms with E-state index in [-0.39, 0.29) is 32.7 Å². The largest absolute Gasteiger partial charge is 0.494 e. The number of halogens is 2. The second-order valence-electron chi connectivity index (χ2n) is 15.2. The number of esters is 2. The lowest BCUT2D eigenvalue weighted by Gasteiger charge is -2.11. The van der Waals surface area contributed by atoms with Crippen molar-refractivity contribution in [2.45, 2.75) is 104 Å². The van der Waals surface area contributed by atoms with E-state index in [2.05, 4.69) is 23.8 Å². The molecule has 0 bridgehead atoms. The molecule has 0 amide bonds. The third-order valence-electron chi connectivity index (χ3n) is 10.1. The zero-order valence-electron chi connectivity index (χ0n) is 36.0. The molecule has 62 heavy (non-hydrogen) atoms. The minimum absolute atomic E-state index is 0.0105. The first-order valence-corrected chi connectivity index (χ1v) is 22.7. The molecule has 0 saturated carbocycles. The molecular weight excluding hydrogens is 819 g/mol. The average molecular weight is 878 g/mol. The molecular formula is C52H58Cl2N2O6. The van der Waals surface area contributed by atoms with E-state index in [0.29, 0.717) is 13.2 Å². The van der Waals surface area contributed by atoms with Gasteiger partial charge in [-0.3, -0.25) is 9.98 Å². The Hall–Kier alpha value is -5.44. The number of carbonyl (C=O) groups excluding carboxylic acids is 2. The molecule has 0 fully saturated rings. The molecule has 5 aromatic rings. The quantitative estimate of drug-likeness (QED) is 0.0238. The van der Waals surface area contributed by atoms with Gasteiger partial charge in [-0.1, -0.05) is 138 Å². The molecule has 0 spiro atoms. The molecule has 8 nitrogen and oxygen atoms in total. The molecule has 0 aromatic heterocycles. The van der Waals surface area contributed by atoms with Gasteiger partial charge in [-0.2, -0.15) is 0 Å². The van der Waals surface area contributed by atoms with Crippen molar-refractivity contribution in [1.29, 1.82) is 0 Å². The number of aliphatic imine (C=N–C) groups is 2. The van der Waals surface area contributed by atoms with Crippen LogP contribution in [0.1, 0.15) is 136 Å². The lowest BCUT2D eigenvalue weighted by Crippen LogP contribution is -2.11. The lowest BCUT2D eigenvalue weighted by atomic mass is 10.1. The van der Waals surface area contributed by atoms with E-state index in [1.54, 1.807) is 61.0 Å². The Morgan fingerprint density at radius 3 is 1.19 bits per heavy atom. The third kappa shape index (κ3) is 16.8. The van der Waals surface area contributed by atoms with Crippen molar-refractivity contribution in [1.82, 2.24) is 0 Å². The lowest BCUT2D eigenvalue weighted by molar-refractivity contribution is 0.0733. The summed E-state index contributed by atoms with van der Waals surface area (Å²) in [6.07, 6.45) is 20.9. The van der Waals surface area contributed by atoms with Gasteiger partial charge in [0.15, 0.2) is 11.5 Å². The van der Waals surface area contributed by atoms with Crippen molar-refractivity contribution in [3.05, 3.63) is 141 Å². The number of benzene rings is 5. The number of nitrogens with zero attached hydrogens (tertiary/aromatic N) is 2. The maximum atomic E-state index is 13.1. The van der Waals surface area contributed by atoms with Crippen molar-refractivity contribution < 1.29 is 28.5 Å². The predicted molar refractivity (Wildman–Crippen MR) is 254 cm³/mol. The molecule has 326 valence electrons. The smallest absolute Gasteiger partial charge is 0.343 e. The molecule has 5 rings (SSSR count). The van der Waals surface area contributed by atoms with E-state index in [1.165, 1.54) is 89.2 Å². The standard InChI is InChI=1S/C52H58Cl2N2O6/c1-3-5-7-9-11-13-15-33-59-45-29-25-43(26-30-45)55-37-39-17-21-41(22-18-39)51(57)61-49-36-50(48(54)35-47(49)53)62-52(58)42-23-19-40(20-24-42)38-56-44-27-31-46(32-28-44)60-34-16-14-12-10-8-6-4-2/h17-32,35-38H,3-16,33-34H2,1-2H3. The topological polar surface area (TPSA) is 95.8 Å². The maximum absolute atomic E-state index is 13.1. The van der Waals surface area contributed by atoms with Gasteiger partial charge in [0.05, 0.1) is 45.8 Å². The molecule has 0 unspecified atom stereocenters. The van der Waals surface area contributed by atoms with E-state index < -0.39 is 11.9 Å². The monoisotopic (exact) mass is 876 g/mol. The molecule has 0 atom stereocenters. The molecule has 10 heteroatoms. The van der Waals surface area contributed by atoms with Gasteiger partial charge in [-0.25, -0.2) is 9.59 Å². The Morgan fingerprint density at radius 2 is 0.823 bits per heavy atom. The Labute approximate surface area is 377 Å². The van der Waals surface area contributed by atoms with Crippen LogP contribution in [0, 0.1) is 0 Å². The fraction of sp³-hybridized carbons (Fsp3) is 0.346. The van der Waals surface area contributed by atoms with Gasteiger partial charge in [0.25, 0.3) is 0 Å². The molecule has 0 N–H and O–H groups in total. The SMILES string of the molecule is CCCCCCCCCOc1ccc(N=Cc2ccc(C(=O)Oc3cc(OC(=O)c4ccc(C=Nc5ccc(OCCCCCCCCC)cc5)cc4)c(Cl)cc3Cl)cc2)cc1. The number of carbonyl (C=O) groups is 2. The van der Waals surface area contributed by atoms with Gasteiger partial charge in [-0.05, 0) is 103 Å². The Bertz CT molecular complexity index is 2020. The van der Waals surface area contributed by atoms with Crippen LogP contribution in [-0.4, -0.2) is 37.6 Å². The van der Waals surface area contributed by atoms with E-state index in [9.17, 15) is 9.59 Å². The van der Waals surface area contributed by atoms with E-state index in [0.717, 1.165) is 46.8 Å². The molecule has 0 saturated heterocycles. The highest BCUT2D eigenvalue weighted by molar-refractivity contribution is 6.36. The first kappa shape index (κ1) is 47.6. The maximum Gasteiger partial charge on any atom is 0.343 e. The van der Waals surface area contributed by atoms with Crippen LogP contribution in [0.15, 0.2) is 119 Å². The van der Waals surface area contributed by atoms with Crippen LogP contribution < -0.4 is 18.9 Å². The zero-order chi connectivity index (χ0) is 43.8. The van der Waals surface area contributed by atoms with Crippen molar-refractivity contribution in [3.8, 4) is 23.0 Å². The number of unbranched alkanes of at least 4 members (excludes halogenated alkanes) is 12. The van der Waals surface area contributed by atoms with Crippen LogP contribution in [-0.2, 0) is 0 Å². The zero-order valence-corrected chi connectivity index (χ0v) is 37.5. The molecule has 0 aliphatic rings. The summed E-state index contributed by atoms with van der Waals surface area (Å²) < 4.78 is 23.0. The first-order chi connectivity index (χ1) is 30.3. The summed E-state index contributed by atoms with van der Waals surface area (Å²) in [6, 6.07) is 31.6. The first-order valence-electron chi connectivity index (χ1n) is 22.0. The third-order valence-corrected chi connectivity index (χ3v) is 10.7. The summed E-state index contributed by atoms with van der Waals surface area (Å²) in [5.74, 6) is 0.333. The second kappa shape index (κ2) is 26.8. The fourth-order valence-corrected chi connectivity index (χ4v) is 6.91. The van der Waals surface area contributed by atoms with Gasteiger partial charge >= 0.3 is 11.9 Å². The van der Waals surface area contributed by atoms with Crippen molar-refractivity contribution in [2.75, 3.05) is 13.2 Å². The summed E-state index contributed by atoms with van der Waals surface area (Å²) in [7, 11) is 0. The summed E-state index contributed by atoms with van der Waals surface area (Å²) in [4.78, 5) is 35.3. The highest BCUT2D eigenvalue weighted by Gasteiger charge is 2.18. The predicted octanol–water partition coefficient (Wildman–Crippen LogP) is 15.2.